The van der Waals surface area contributed by atoms with E-state index < -0.39 is 18.1 Å². The number of fused-ring (bicyclic) bond motifs is 1. The van der Waals surface area contributed by atoms with E-state index in [2.05, 4.69) is 16.0 Å². The van der Waals surface area contributed by atoms with Crippen molar-refractivity contribution in [2.45, 2.75) is 50.2 Å². The van der Waals surface area contributed by atoms with Crippen molar-refractivity contribution < 1.29 is 14.4 Å². The molecule has 1 fully saturated rings. The highest BCUT2D eigenvalue weighted by atomic mass is 16.2. The fourth-order valence-electron chi connectivity index (χ4n) is 5.03. The second kappa shape index (κ2) is 13.6. The van der Waals surface area contributed by atoms with Gasteiger partial charge in [0.15, 0.2) is 5.96 Å². The van der Waals surface area contributed by atoms with E-state index in [1.54, 1.807) is 4.90 Å². The molecular weight excluding hydrogens is 506 g/mol. The first-order valence-corrected chi connectivity index (χ1v) is 13.6. The van der Waals surface area contributed by atoms with Gasteiger partial charge >= 0.3 is 0 Å². The summed E-state index contributed by atoms with van der Waals surface area (Å²) in [6.07, 6.45) is 2.37. The Balaban J connectivity index is 1.43. The van der Waals surface area contributed by atoms with Crippen LogP contribution in [0.5, 0.6) is 0 Å². The van der Waals surface area contributed by atoms with E-state index in [1.807, 2.05) is 72.8 Å². The second-order valence-corrected chi connectivity index (χ2v) is 10.1. The normalized spacial score (nSPS) is 16.2. The Hall–Kier alpha value is -4.44. The number of hydrogen-bond donors (Lipinski definition) is 6. The number of nitrogens with zero attached hydrogens (tertiary/aromatic N) is 1. The molecule has 40 heavy (non-hydrogen) atoms. The van der Waals surface area contributed by atoms with Crippen molar-refractivity contribution in [1.29, 1.82) is 5.41 Å². The predicted octanol–water partition coefficient (Wildman–Crippen LogP) is 2.09. The molecule has 0 spiro atoms. The Morgan fingerprint density at radius 2 is 1.73 bits per heavy atom. The van der Waals surface area contributed by atoms with Gasteiger partial charge in [0.05, 0.1) is 6.04 Å². The van der Waals surface area contributed by atoms with Crippen molar-refractivity contribution in [2.24, 2.45) is 11.5 Å². The first-order chi connectivity index (χ1) is 19.3. The van der Waals surface area contributed by atoms with Crippen molar-refractivity contribution in [1.82, 2.24) is 15.5 Å². The molecule has 3 aromatic carbocycles. The number of likely N-dealkylation sites (tertiary alicyclic amines) is 1. The third kappa shape index (κ3) is 7.57. The van der Waals surface area contributed by atoms with E-state index in [0.29, 0.717) is 50.9 Å². The number of hydrogen-bond acceptors (Lipinski definition) is 5. The summed E-state index contributed by atoms with van der Waals surface area (Å²) < 4.78 is 0. The minimum absolute atomic E-state index is 0.159. The Morgan fingerprint density at radius 3 is 2.48 bits per heavy atom. The highest BCUT2D eigenvalue weighted by Gasteiger charge is 2.37. The van der Waals surface area contributed by atoms with Gasteiger partial charge in [-0.3, -0.25) is 19.8 Å². The molecule has 3 atom stereocenters. The van der Waals surface area contributed by atoms with Gasteiger partial charge in [0, 0.05) is 18.8 Å². The molecule has 0 unspecified atom stereocenters. The number of nitrogens with two attached hydrogens (primary N) is 2. The number of anilines is 1. The molecule has 210 valence electrons. The first-order valence-electron chi connectivity index (χ1n) is 13.6. The van der Waals surface area contributed by atoms with Gasteiger partial charge in [0.25, 0.3) is 0 Å². The lowest BCUT2D eigenvalue weighted by atomic mass is 10.0. The molecule has 0 radical (unpaired) electrons. The quantitative estimate of drug-likeness (QED) is 0.123. The molecule has 1 heterocycles. The van der Waals surface area contributed by atoms with Crippen LogP contribution in [0.3, 0.4) is 0 Å². The van der Waals surface area contributed by atoms with Crippen LogP contribution in [-0.2, 0) is 20.8 Å². The molecule has 10 nitrogen and oxygen atoms in total. The molecule has 0 bridgehead atoms. The summed E-state index contributed by atoms with van der Waals surface area (Å²) in [6, 6.07) is 20.7. The molecule has 0 aromatic heterocycles. The molecule has 0 saturated carbocycles. The molecule has 10 heteroatoms. The van der Waals surface area contributed by atoms with Gasteiger partial charge in [0.2, 0.25) is 17.7 Å². The molecular formula is C30H37N7O3. The molecule has 3 amide bonds. The van der Waals surface area contributed by atoms with Gasteiger partial charge in [-0.25, -0.2) is 0 Å². The topological polar surface area (TPSA) is 166 Å². The third-order valence-electron chi connectivity index (χ3n) is 7.09. The van der Waals surface area contributed by atoms with E-state index in [4.69, 9.17) is 16.9 Å². The molecule has 8 N–H and O–H groups in total. The smallest absolute Gasteiger partial charge is 0.246 e. The summed E-state index contributed by atoms with van der Waals surface area (Å²) in [7, 11) is 0. The van der Waals surface area contributed by atoms with Crippen LogP contribution in [0.2, 0.25) is 0 Å². The Bertz CT molecular complexity index is 1350. The van der Waals surface area contributed by atoms with Crippen LogP contribution < -0.4 is 27.4 Å². The van der Waals surface area contributed by atoms with E-state index in [0.717, 1.165) is 16.3 Å². The van der Waals surface area contributed by atoms with Crippen molar-refractivity contribution in [3.63, 3.8) is 0 Å². The standard InChI is InChI=1S/C30H37N7O3/c31-24(18-20-8-2-1-3-9-20)29(40)37-17-7-13-26(37)28(39)36-25(12-6-16-34-30(32)33)27(38)35-23-15-14-21-10-4-5-11-22(21)19-23/h1-5,8-11,14-15,19,24-26H,6-7,12-13,16-18,31H2,(H,35,38)(H,36,39)(H4,32,33,34)/t24-,25+,26+/m1/s1. The van der Waals surface area contributed by atoms with Crippen LogP contribution in [0, 0.1) is 5.41 Å². The number of guanidine groups is 1. The van der Waals surface area contributed by atoms with Gasteiger partial charge in [-0.2, -0.15) is 0 Å². The molecule has 0 aliphatic carbocycles. The molecule has 4 rings (SSSR count). The third-order valence-corrected chi connectivity index (χ3v) is 7.09. The highest BCUT2D eigenvalue weighted by Crippen LogP contribution is 2.21. The zero-order chi connectivity index (χ0) is 28.5. The maximum absolute atomic E-state index is 13.4. The Labute approximate surface area is 234 Å². The van der Waals surface area contributed by atoms with Crippen molar-refractivity contribution in [3.05, 3.63) is 78.4 Å². The van der Waals surface area contributed by atoms with Gasteiger partial charge in [-0.15, -0.1) is 0 Å². The fourth-order valence-corrected chi connectivity index (χ4v) is 5.03. The van der Waals surface area contributed by atoms with Crippen LogP contribution in [0.25, 0.3) is 10.8 Å². The van der Waals surface area contributed by atoms with Crippen molar-refractivity contribution >= 4 is 40.1 Å². The number of carbonyl (C=O) groups is 3. The summed E-state index contributed by atoms with van der Waals surface area (Å²) in [5.74, 6) is -1.17. The summed E-state index contributed by atoms with van der Waals surface area (Å²) in [5.41, 5.74) is 13.2. The zero-order valence-corrected chi connectivity index (χ0v) is 22.4. The number of rotatable bonds is 11. The minimum Gasteiger partial charge on any atom is -0.370 e. The lowest BCUT2D eigenvalue weighted by Gasteiger charge is -2.28. The minimum atomic E-state index is -0.844. The highest BCUT2D eigenvalue weighted by molar-refractivity contribution is 6.00. The summed E-state index contributed by atoms with van der Waals surface area (Å²) in [4.78, 5) is 41.5. The van der Waals surface area contributed by atoms with Crippen LogP contribution in [-0.4, -0.2) is 59.8 Å². The van der Waals surface area contributed by atoms with E-state index in [-0.39, 0.29) is 23.7 Å². The van der Waals surface area contributed by atoms with Crippen LogP contribution in [0.4, 0.5) is 5.69 Å². The summed E-state index contributed by atoms with van der Waals surface area (Å²) in [6.45, 7) is 0.823. The summed E-state index contributed by atoms with van der Waals surface area (Å²) in [5, 5.41) is 17.9. The molecule has 1 aliphatic heterocycles. The van der Waals surface area contributed by atoms with E-state index in [1.165, 1.54) is 0 Å². The predicted molar refractivity (Wildman–Crippen MR) is 157 cm³/mol. The number of nitrogens with one attached hydrogen (secondary N) is 4. The maximum Gasteiger partial charge on any atom is 0.246 e. The number of benzene rings is 3. The van der Waals surface area contributed by atoms with Gasteiger partial charge < -0.3 is 32.3 Å². The number of amides is 3. The fraction of sp³-hybridized carbons (Fsp3) is 0.333. The van der Waals surface area contributed by atoms with Gasteiger partial charge in [-0.1, -0.05) is 60.7 Å². The van der Waals surface area contributed by atoms with Gasteiger partial charge in [-0.05, 0) is 60.6 Å². The van der Waals surface area contributed by atoms with Gasteiger partial charge in [0.1, 0.15) is 12.1 Å². The van der Waals surface area contributed by atoms with E-state index in [9.17, 15) is 14.4 Å². The van der Waals surface area contributed by atoms with Crippen molar-refractivity contribution in [2.75, 3.05) is 18.4 Å². The lowest BCUT2D eigenvalue weighted by Crippen LogP contribution is -2.54. The Kier molecular flexibility index (Phi) is 9.69. The monoisotopic (exact) mass is 543 g/mol. The van der Waals surface area contributed by atoms with Crippen molar-refractivity contribution in [3.8, 4) is 0 Å². The first kappa shape index (κ1) is 28.6. The number of carbonyl (C=O) groups excluding carboxylic acids is 3. The van der Waals surface area contributed by atoms with Crippen LogP contribution in [0.15, 0.2) is 72.8 Å². The largest absolute Gasteiger partial charge is 0.370 e. The van der Waals surface area contributed by atoms with Crippen LogP contribution >= 0.6 is 0 Å². The lowest BCUT2D eigenvalue weighted by molar-refractivity contribution is -0.140. The molecule has 1 aliphatic rings. The maximum atomic E-state index is 13.4. The second-order valence-electron chi connectivity index (χ2n) is 10.1. The summed E-state index contributed by atoms with van der Waals surface area (Å²) >= 11 is 0. The SMILES string of the molecule is N=C(N)NCCC[C@H](NC(=O)[C@@H]1CCCN1C(=O)[C@H](N)Cc1ccccc1)C(=O)Nc1ccc2ccccc2c1. The molecule has 1 saturated heterocycles. The van der Waals surface area contributed by atoms with E-state index >= 15 is 0 Å². The molecule has 3 aromatic rings. The zero-order valence-electron chi connectivity index (χ0n) is 22.4. The van der Waals surface area contributed by atoms with Crippen LogP contribution in [0.1, 0.15) is 31.2 Å². The average Bonchev–Trinajstić information content (AvgIpc) is 3.44. The average molecular weight is 544 g/mol. The Morgan fingerprint density at radius 1 is 1.00 bits per heavy atom.